The highest BCUT2D eigenvalue weighted by Crippen LogP contribution is 2.54. The molecule has 1 aromatic heterocycles. The lowest BCUT2D eigenvalue weighted by Gasteiger charge is -2.21. The predicted molar refractivity (Wildman–Crippen MR) is 124 cm³/mol. The lowest BCUT2D eigenvalue weighted by atomic mass is 9.82. The van der Waals surface area contributed by atoms with Crippen LogP contribution in [0.5, 0.6) is 0 Å². The third kappa shape index (κ3) is 2.21. The molecule has 0 unspecified atom stereocenters. The average Bonchev–Trinajstić information content (AvgIpc) is 3.23. The van der Waals surface area contributed by atoms with E-state index < -0.39 is 0 Å². The van der Waals surface area contributed by atoms with Crippen LogP contribution in [0, 0.1) is 0 Å². The Balaban J connectivity index is 1.79. The Morgan fingerprint density at radius 2 is 1.45 bits per heavy atom. The maximum absolute atomic E-state index is 6.68. The lowest BCUT2D eigenvalue weighted by Crippen LogP contribution is -2.14. The molecule has 2 heteroatoms. The highest BCUT2D eigenvalue weighted by Gasteiger charge is 2.38. The minimum absolute atomic E-state index is 0.0517. The fourth-order valence-corrected chi connectivity index (χ4v) is 5.54. The van der Waals surface area contributed by atoms with Crippen molar-refractivity contribution in [3.8, 4) is 22.3 Å². The summed E-state index contributed by atoms with van der Waals surface area (Å²) in [5, 5.41) is 2.31. The summed E-state index contributed by atoms with van der Waals surface area (Å²) in [6.45, 7) is 4.60. The highest BCUT2D eigenvalue weighted by molar-refractivity contribution is 9.10. The maximum atomic E-state index is 6.68. The molecule has 1 heterocycles. The van der Waals surface area contributed by atoms with E-state index >= 15 is 0 Å². The summed E-state index contributed by atoms with van der Waals surface area (Å²) in [4.78, 5) is 0. The summed E-state index contributed by atoms with van der Waals surface area (Å²) in [5.41, 5.74) is 9.37. The quantitative estimate of drug-likeness (QED) is 0.256. The van der Waals surface area contributed by atoms with Gasteiger partial charge in [-0.1, -0.05) is 103 Å². The summed E-state index contributed by atoms with van der Waals surface area (Å²) >= 11 is 3.87. The summed E-state index contributed by atoms with van der Waals surface area (Å²) < 4.78 is 7.78. The third-order valence-corrected chi connectivity index (χ3v) is 6.98. The fourth-order valence-electron chi connectivity index (χ4n) is 4.92. The molecule has 0 N–H and O–H groups in total. The van der Waals surface area contributed by atoms with Crippen LogP contribution in [0.4, 0.5) is 0 Å². The number of fused-ring (bicyclic) bond motifs is 7. The molecule has 0 saturated carbocycles. The Bertz CT molecular complexity index is 1420. The van der Waals surface area contributed by atoms with Gasteiger partial charge >= 0.3 is 0 Å². The molecule has 0 amide bonds. The van der Waals surface area contributed by atoms with Crippen molar-refractivity contribution >= 4 is 37.9 Å². The van der Waals surface area contributed by atoms with Crippen LogP contribution in [0.1, 0.15) is 25.0 Å². The molecule has 140 valence electrons. The third-order valence-electron chi connectivity index (χ3n) is 6.35. The van der Waals surface area contributed by atoms with Crippen LogP contribution in [0.15, 0.2) is 87.8 Å². The second kappa shape index (κ2) is 5.84. The molecule has 0 radical (unpaired) electrons. The first-order valence-corrected chi connectivity index (χ1v) is 10.7. The first-order valence-electron chi connectivity index (χ1n) is 9.91. The molecular weight excluding hydrogens is 420 g/mol. The van der Waals surface area contributed by atoms with Gasteiger partial charge in [0.1, 0.15) is 11.2 Å². The average molecular weight is 439 g/mol. The number of halogens is 1. The smallest absolute Gasteiger partial charge is 0.144 e. The second-order valence-corrected chi connectivity index (χ2v) is 9.16. The molecule has 0 spiro atoms. The monoisotopic (exact) mass is 438 g/mol. The molecule has 0 bridgehead atoms. The Labute approximate surface area is 178 Å². The first-order chi connectivity index (χ1) is 14.1. The summed E-state index contributed by atoms with van der Waals surface area (Å²) in [7, 11) is 0. The van der Waals surface area contributed by atoms with E-state index in [2.05, 4.69) is 103 Å². The van der Waals surface area contributed by atoms with Crippen molar-refractivity contribution in [1.29, 1.82) is 0 Å². The van der Waals surface area contributed by atoms with Crippen molar-refractivity contribution in [2.75, 3.05) is 0 Å². The van der Waals surface area contributed by atoms with Crippen molar-refractivity contribution in [3.63, 3.8) is 0 Å². The van der Waals surface area contributed by atoms with E-state index in [1.807, 2.05) is 6.07 Å². The van der Waals surface area contributed by atoms with E-state index in [0.717, 1.165) is 32.0 Å². The topological polar surface area (TPSA) is 13.1 Å². The number of rotatable bonds is 1. The number of benzene rings is 4. The predicted octanol–water partition coefficient (Wildman–Crippen LogP) is 8.32. The van der Waals surface area contributed by atoms with Crippen LogP contribution in [-0.2, 0) is 5.41 Å². The zero-order chi connectivity index (χ0) is 19.8. The fraction of sp³-hybridized carbons (Fsp3) is 0.111. The van der Waals surface area contributed by atoms with E-state index in [9.17, 15) is 0 Å². The summed E-state index contributed by atoms with van der Waals surface area (Å²) in [6, 6.07) is 27.9. The number of furan rings is 1. The molecule has 5 aromatic rings. The van der Waals surface area contributed by atoms with Crippen molar-refractivity contribution in [1.82, 2.24) is 0 Å². The van der Waals surface area contributed by atoms with E-state index in [1.54, 1.807) is 0 Å². The van der Waals surface area contributed by atoms with Crippen LogP contribution in [-0.4, -0.2) is 0 Å². The molecule has 0 atom stereocenters. The van der Waals surface area contributed by atoms with Gasteiger partial charge in [0.25, 0.3) is 0 Å². The van der Waals surface area contributed by atoms with Crippen molar-refractivity contribution < 1.29 is 4.42 Å². The van der Waals surface area contributed by atoms with Gasteiger partial charge in [-0.3, -0.25) is 0 Å². The molecule has 0 aliphatic heterocycles. The van der Waals surface area contributed by atoms with Crippen molar-refractivity contribution in [2.24, 2.45) is 0 Å². The normalized spacial score (nSPS) is 14.3. The van der Waals surface area contributed by atoms with Gasteiger partial charge in [-0.25, -0.2) is 0 Å². The molecule has 6 rings (SSSR count). The second-order valence-electron chi connectivity index (χ2n) is 8.31. The van der Waals surface area contributed by atoms with Gasteiger partial charge < -0.3 is 4.42 Å². The number of hydrogen-bond acceptors (Lipinski definition) is 1. The number of hydrogen-bond donors (Lipinski definition) is 0. The van der Waals surface area contributed by atoms with Gasteiger partial charge in [0.05, 0.1) is 0 Å². The highest BCUT2D eigenvalue weighted by atomic mass is 79.9. The molecule has 29 heavy (non-hydrogen) atoms. The summed E-state index contributed by atoms with van der Waals surface area (Å²) in [6.07, 6.45) is 0. The molecule has 1 aliphatic carbocycles. The van der Waals surface area contributed by atoms with Gasteiger partial charge in [-0.05, 0) is 28.3 Å². The molecular formula is C27H19BrO. The Kier molecular flexibility index (Phi) is 3.43. The Morgan fingerprint density at radius 3 is 2.28 bits per heavy atom. The minimum Gasteiger partial charge on any atom is -0.455 e. The zero-order valence-corrected chi connectivity index (χ0v) is 17.9. The van der Waals surface area contributed by atoms with Crippen LogP contribution < -0.4 is 0 Å². The van der Waals surface area contributed by atoms with Crippen molar-refractivity contribution in [2.45, 2.75) is 19.3 Å². The van der Waals surface area contributed by atoms with E-state index in [0.29, 0.717) is 0 Å². The Hall–Kier alpha value is -2.84. The lowest BCUT2D eigenvalue weighted by molar-refractivity contribution is 0.653. The number of para-hydroxylation sites is 1. The van der Waals surface area contributed by atoms with E-state index in [4.69, 9.17) is 4.42 Å². The maximum Gasteiger partial charge on any atom is 0.144 e. The SMILES string of the molecule is CC1(C)c2ccccc2-c2c1cc(Br)c1c2oc2c(-c3ccccc3)cccc21. The van der Waals surface area contributed by atoms with Gasteiger partial charge in [-0.15, -0.1) is 0 Å². The molecule has 0 fully saturated rings. The molecule has 1 aliphatic rings. The van der Waals surface area contributed by atoms with Gasteiger partial charge in [0, 0.05) is 31.8 Å². The van der Waals surface area contributed by atoms with Crippen LogP contribution in [0.25, 0.3) is 44.2 Å². The van der Waals surface area contributed by atoms with Crippen molar-refractivity contribution in [3.05, 3.63) is 94.5 Å². The van der Waals surface area contributed by atoms with Crippen LogP contribution in [0.3, 0.4) is 0 Å². The molecule has 0 saturated heterocycles. The molecule has 4 aromatic carbocycles. The van der Waals surface area contributed by atoms with Crippen LogP contribution in [0.2, 0.25) is 0 Å². The summed E-state index contributed by atoms with van der Waals surface area (Å²) in [5.74, 6) is 0. The largest absolute Gasteiger partial charge is 0.455 e. The van der Waals surface area contributed by atoms with Gasteiger partial charge in [-0.2, -0.15) is 0 Å². The van der Waals surface area contributed by atoms with Gasteiger partial charge in [0.2, 0.25) is 0 Å². The Morgan fingerprint density at radius 1 is 0.724 bits per heavy atom. The van der Waals surface area contributed by atoms with E-state index in [1.165, 1.54) is 27.8 Å². The van der Waals surface area contributed by atoms with Crippen LogP contribution >= 0.6 is 15.9 Å². The van der Waals surface area contributed by atoms with E-state index in [-0.39, 0.29) is 5.41 Å². The minimum atomic E-state index is -0.0517. The first kappa shape index (κ1) is 17.1. The van der Waals surface area contributed by atoms with Gasteiger partial charge in [0.15, 0.2) is 0 Å². The standard InChI is InChI=1S/C27H19BrO/c1-27(2)20-14-7-6-11-18(20)23-21(27)15-22(28)24-19-13-8-12-17(25(19)29-26(23)24)16-9-4-3-5-10-16/h3-15H,1-2H3. The molecule has 1 nitrogen and oxygen atoms in total. The zero-order valence-electron chi connectivity index (χ0n) is 16.3.